The van der Waals surface area contributed by atoms with Crippen LogP contribution in [0.1, 0.15) is 57.8 Å². The van der Waals surface area contributed by atoms with Crippen molar-refractivity contribution in [3.63, 3.8) is 0 Å². The van der Waals surface area contributed by atoms with Gasteiger partial charge in [0, 0.05) is 26.1 Å². The highest BCUT2D eigenvalue weighted by Gasteiger charge is 2.38. The molecule has 7 heteroatoms. The molecule has 1 heterocycles. The van der Waals surface area contributed by atoms with Crippen LogP contribution in [0.4, 0.5) is 0 Å². The van der Waals surface area contributed by atoms with E-state index in [-0.39, 0.29) is 13.0 Å². The number of hydrogen-bond acceptors (Lipinski definition) is 3. The van der Waals surface area contributed by atoms with Crippen molar-refractivity contribution in [1.82, 2.24) is 9.03 Å². The number of piperidine rings is 1. The molecule has 2 aliphatic rings. The summed E-state index contributed by atoms with van der Waals surface area (Å²) in [6, 6.07) is 0. The van der Waals surface area contributed by atoms with Gasteiger partial charge < -0.3 is 5.11 Å². The maximum Gasteiger partial charge on any atom is 0.303 e. The minimum absolute atomic E-state index is 0.00830. The van der Waals surface area contributed by atoms with Crippen molar-refractivity contribution >= 4 is 16.2 Å². The second-order valence-electron chi connectivity index (χ2n) is 6.36. The third kappa shape index (κ3) is 4.66. The minimum Gasteiger partial charge on any atom is -0.481 e. The first-order valence-electron chi connectivity index (χ1n) is 7.90. The van der Waals surface area contributed by atoms with Crippen LogP contribution in [0, 0.1) is 5.41 Å². The first-order valence-corrected chi connectivity index (χ1v) is 9.34. The molecule has 0 amide bonds. The lowest BCUT2D eigenvalue weighted by Crippen LogP contribution is -2.48. The fourth-order valence-corrected chi connectivity index (χ4v) is 4.78. The summed E-state index contributed by atoms with van der Waals surface area (Å²) in [5.74, 6) is -0.897. The van der Waals surface area contributed by atoms with E-state index < -0.39 is 16.2 Å². The van der Waals surface area contributed by atoms with Crippen molar-refractivity contribution in [1.29, 1.82) is 0 Å². The maximum absolute atomic E-state index is 12.2. The molecule has 2 fully saturated rings. The summed E-state index contributed by atoms with van der Waals surface area (Å²) in [6.07, 6.45) is 8.60. The van der Waals surface area contributed by atoms with Crippen LogP contribution in [-0.2, 0) is 15.0 Å². The lowest BCUT2D eigenvalue weighted by Gasteiger charge is -2.43. The number of carboxylic acid groups (broad SMARTS) is 1. The van der Waals surface area contributed by atoms with Gasteiger partial charge in [-0.25, -0.2) is 4.72 Å². The number of rotatable bonds is 6. The Labute approximate surface area is 127 Å². The Morgan fingerprint density at radius 1 is 1.10 bits per heavy atom. The summed E-state index contributed by atoms with van der Waals surface area (Å²) >= 11 is 0. The van der Waals surface area contributed by atoms with Gasteiger partial charge in [0.25, 0.3) is 10.2 Å². The highest BCUT2D eigenvalue weighted by molar-refractivity contribution is 7.87. The zero-order valence-electron chi connectivity index (χ0n) is 12.5. The number of hydrogen-bond donors (Lipinski definition) is 2. The molecule has 0 bridgehead atoms. The molecule has 0 unspecified atom stereocenters. The molecule has 1 aliphatic carbocycles. The van der Waals surface area contributed by atoms with E-state index in [9.17, 15) is 13.2 Å². The van der Waals surface area contributed by atoms with Crippen LogP contribution in [0.2, 0.25) is 0 Å². The average molecular weight is 318 g/mol. The molecule has 0 radical (unpaired) electrons. The maximum atomic E-state index is 12.2. The molecule has 0 aromatic rings. The predicted molar refractivity (Wildman–Crippen MR) is 80.1 cm³/mol. The Morgan fingerprint density at radius 2 is 1.71 bits per heavy atom. The van der Waals surface area contributed by atoms with Crippen LogP contribution in [0.15, 0.2) is 0 Å². The SMILES string of the molecule is O=C(O)CCCNS(=O)(=O)N1CCC2(CCCCC2)CC1. The highest BCUT2D eigenvalue weighted by atomic mass is 32.2. The summed E-state index contributed by atoms with van der Waals surface area (Å²) < 4.78 is 28.4. The molecular weight excluding hydrogens is 292 g/mol. The summed E-state index contributed by atoms with van der Waals surface area (Å²) in [5.41, 5.74) is 0.383. The van der Waals surface area contributed by atoms with E-state index >= 15 is 0 Å². The van der Waals surface area contributed by atoms with E-state index in [1.165, 1.54) is 36.4 Å². The van der Waals surface area contributed by atoms with E-state index in [4.69, 9.17) is 5.11 Å². The van der Waals surface area contributed by atoms with Crippen LogP contribution in [-0.4, -0.2) is 43.4 Å². The number of nitrogens with one attached hydrogen (secondary N) is 1. The third-order valence-corrected chi connectivity index (χ3v) is 6.50. The van der Waals surface area contributed by atoms with Gasteiger partial charge >= 0.3 is 5.97 Å². The quantitative estimate of drug-likeness (QED) is 0.730. The van der Waals surface area contributed by atoms with Crippen LogP contribution in [0.3, 0.4) is 0 Å². The Hall–Kier alpha value is -0.660. The van der Waals surface area contributed by atoms with Crippen molar-refractivity contribution in [2.45, 2.75) is 57.8 Å². The van der Waals surface area contributed by atoms with Gasteiger partial charge in [0.15, 0.2) is 0 Å². The van der Waals surface area contributed by atoms with Gasteiger partial charge in [0.2, 0.25) is 0 Å². The average Bonchev–Trinajstić information content (AvgIpc) is 2.45. The number of carbonyl (C=O) groups is 1. The van der Waals surface area contributed by atoms with Gasteiger partial charge in [-0.3, -0.25) is 4.79 Å². The summed E-state index contributed by atoms with van der Waals surface area (Å²) in [7, 11) is -3.45. The van der Waals surface area contributed by atoms with Gasteiger partial charge in [-0.15, -0.1) is 0 Å². The van der Waals surface area contributed by atoms with Crippen molar-refractivity contribution in [3.8, 4) is 0 Å². The second kappa shape index (κ2) is 7.07. The van der Waals surface area contributed by atoms with Crippen molar-refractivity contribution < 1.29 is 18.3 Å². The fraction of sp³-hybridized carbons (Fsp3) is 0.929. The predicted octanol–water partition coefficient (Wildman–Crippen LogP) is 1.73. The van der Waals surface area contributed by atoms with Crippen LogP contribution < -0.4 is 4.72 Å². The lowest BCUT2D eigenvalue weighted by molar-refractivity contribution is -0.137. The molecule has 1 saturated carbocycles. The zero-order valence-corrected chi connectivity index (χ0v) is 13.3. The van der Waals surface area contributed by atoms with Crippen LogP contribution in [0.25, 0.3) is 0 Å². The van der Waals surface area contributed by atoms with Gasteiger partial charge in [0.1, 0.15) is 0 Å². The van der Waals surface area contributed by atoms with Crippen molar-refractivity contribution in [2.75, 3.05) is 19.6 Å². The highest BCUT2D eigenvalue weighted by Crippen LogP contribution is 2.44. The molecule has 1 saturated heterocycles. The molecule has 0 aromatic carbocycles. The molecule has 122 valence electrons. The molecule has 0 atom stereocenters. The second-order valence-corrected chi connectivity index (χ2v) is 8.11. The van der Waals surface area contributed by atoms with E-state index in [1.54, 1.807) is 0 Å². The van der Waals surface area contributed by atoms with Gasteiger partial charge in [-0.05, 0) is 37.5 Å². The van der Waals surface area contributed by atoms with E-state index in [1.807, 2.05) is 0 Å². The third-order valence-electron chi connectivity index (χ3n) is 4.89. The molecule has 2 rings (SSSR count). The summed E-state index contributed by atoms with van der Waals surface area (Å²) in [6.45, 7) is 1.37. The normalized spacial score (nSPS) is 23.2. The van der Waals surface area contributed by atoms with Crippen LogP contribution in [0.5, 0.6) is 0 Å². The van der Waals surface area contributed by atoms with Gasteiger partial charge in [0.05, 0.1) is 0 Å². The Balaban J connectivity index is 1.78. The van der Waals surface area contributed by atoms with E-state index in [2.05, 4.69) is 4.72 Å². The largest absolute Gasteiger partial charge is 0.481 e. The molecule has 6 nitrogen and oxygen atoms in total. The standard InChI is InChI=1S/C14H26N2O4S/c17-13(18)5-4-10-15-21(19,20)16-11-8-14(9-12-16)6-2-1-3-7-14/h15H,1-12H2,(H,17,18). The summed E-state index contributed by atoms with van der Waals surface area (Å²) in [4.78, 5) is 10.4. The van der Waals surface area contributed by atoms with Crippen molar-refractivity contribution in [2.24, 2.45) is 5.41 Å². The number of carboxylic acids is 1. The molecule has 0 aromatic heterocycles. The van der Waals surface area contributed by atoms with Crippen molar-refractivity contribution in [3.05, 3.63) is 0 Å². The lowest BCUT2D eigenvalue weighted by atomic mass is 9.68. The van der Waals surface area contributed by atoms with E-state index in [0.717, 1.165) is 12.8 Å². The van der Waals surface area contributed by atoms with Gasteiger partial charge in [-0.1, -0.05) is 19.3 Å². The minimum atomic E-state index is -3.45. The topological polar surface area (TPSA) is 86.7 Å². The molecular formula is C14H26N2O4S. The smallest absolute Gasteiger partial charge is 0.303 e. The first kappa shape index (κ1) is 16.7. The molecule has 21 heavy (non-hydrogen) atoms. The number of nitrogens with zero attached hydrogens (tertiary/aromatic N) is 1. The fourth-order valence-electron chi connectivity index (χ4n) is 3.53. The van der Waals surface area contributed by atoms with Crippen LogP contribution >= 0.6 is 0 Å². The summed E-state index contributed by atoms with van der Waals surface area (Å²) in [5, 5.41) is 8.54. The molecule has 1 spiro atoms. The van der Waals surface area contributed by atoms with Gasteiger partial charge in [-0.2, -0.15) is 12.7 Å². The number of aliphatic carboxylic acids is 1. The molecule has 1 aliphatic heterocycles. The first-order chi connectivity index (χ1) is 9.94. The Kier molecular flexibility index (Phi) is 5.62. The Bertz CT molecular complexity index is 448. The monoisotopic (exact) mass is 318 g/mol. The Morgan fingerprint density at radius 3 is 2.29 bits per heavy atom. The zero-order chi connectivity index (χ0) is 15.3. The molecule has 2 N–H and O–H groups in total. The van der Waals surface area contributed by atoms with E-state index in [0.29, 0.717) is 24.9 Å².